The summed E-state index contributed by atoms with van der Waals surface area (Å²) in [4.78, 5) is 38.2. The number of hydrogen-bond acceptors (Lipinski definition) is 6. The third-order valence-electron chi connectivity index (χ3n) is 6.78. The summed E-state index contributed by atoms with van der Waals surface area (Å²) in [5.74, 6) is -1.89. The van der Waals surface area contributed by atoms with Crippen LogP contribution in [0.4, 0.5) is 0 Å². The molecular weight excluding hydrogens is 436 g/mol. The first-order valence-corrected chi connectivity index (χ1v) is 11.4. The van der Waals surface area contributed by atoms with Gasteiger partial charge < -0.3 is 14.7 Å². The third kappa shape index (κ3) is 3.75. The van der Waals surface area contributed by atoms with Crippen LogP contribution in [0.15, 0.2) is 52.0 Å². The second-order valence-electron chi connectivity index (χ2n) is 8.80. The Labute approximate surface area is 195 Å². The maximum atomic E-state index is 12.6. The van der Waals surface area contributed by atoms with Gasteiger partial charge in [0, 0.05) is 35.9 Å². The molecule has 1 atom stereocenters. The Hall–Kier alpha value is -3.94. The standard InChI is InChI=1S/C26H24N2O6/c29-24-19-6-1-2-7-20(19)25(30)28(24)12-11-16(26(31)32)13-21(27-33)15-9-10-18-17-5-3-4-8-22(17)34-23(18)14-15/h1-2,6-7,9-10,14,16,33H,3-5,8,11-13H2,(H,31,32)/t16-/m1/s1. The van der Waals surface area contributed by atoms with Crippen molar-refractivity contribution in [2.45, 2.75) is 38.5 Å². The van der Waals surface area contributed by atoms with Crippen LogP contribution in [-0.4, -0.2) is 45.3 Å². The van der Waals surface area contributed by atoms with Crippen molar-refractivity contribution in [2.24, 2.45) is 11.1 Å². The van der Waals surface area contributed by atoms with Crippen molar-refractivity contribution in [1.29, 1.82) is 0 Å². The zero-order valence-corrected chi connectivity index (χ0v) is 18.5. The van der Waals surface area contributed by atoms with Crippen LogP contribution in [0.3, 0.4) is 0 Å². The first-order valence-electron chi connectivity index (χ1n) is 11.4. The highest BCUT2D eigenvalue weighted by atomic mass is 16.4. The van der Waals surface area contributed by atoms with Gasteiger partial charge in [-0.05, 0) is 43.9 Å². The van der Waals surface area contributed by atoms with Crippen LogP contribution >= 0.6 is 0 Å². The fraction of sp³-hybridized carbons (Fsp3) is 0.308. The third-order valence-corrected chi connectivity index (χ3v) is 6.78. The largest absolute Gasteiger partial charge is 0.481 e. The Bertz CT molecular complexity index is 1300. The average molecular weight is 460 g/mol. The average Bonchev–Trinajstić information content (AvgIpc) is 3.34. The van der Waals surface area contributed by atoms with Crippen molar-refractivity contribution in [3.8, 4) is 0 Å². The van der Waals surface area contributed by atoms with Crippen molar-refractivity contribution in [3.05, 3.63) is 70.5 Å². The van der Waals surface area contributed by atoms with Crippen LogP contribution in [0.2, 0.25) is 0 Å². The summed E-state index contributed by atoms with van der Waals surface area (Å²) < 4.78 is 6.01. The summed E-state index contributed by atoms with van der Waals surface area (Å²) in [5, 5.41) is 23.9. The van der Waals surface area contributed by atoms with Gasteiger partial charge in [0.25, 0.3) is 11.8 Å². The number of carboxylic acids is 1. The zero-order chi connectivity index (χ0) is 23.8. The first kappa shape index (κ1) is 21.9. The molecule has 0 spiro atoms. The number of aryl methyl sites for hydroxylation is 2. The van der Waals surface area contributed by atoms with E-state index in [2.05, 4.69) is 5.16 Å². The van der Waals surface area contributed by atoms with Gasteiger partial charge in [-0.2, -0.15) is 0 Å². The molecule has 8 heteroatoms. The molecule has 2 amide bonds. The highest BCUT2D eigenvalue weighted by Gasteiger charge is 2.36. The number of amides is 2. The fourth-order valence-corrected chi connectivity index (χ4v) is 4.93. The minimum atomic E-state index is -1.09. The lowest BCUT2D eigenvalue weighted by atomic mass is 9.93. The molecule has 0 bridgehead atoms. The minimum absolute atomic E-state index is 0.0358. The maximum absolute atomic E-state index is 12.6. The van der Waals surface area contributed by atoms with Gasteiger partial charge in [-0.25, -0.2) is 0 Å². The second-order valence-corrected chi connectivity index (χ2v) is 8.80. The quantitative estimate of drug-likeness (QED) is 0.235. The monoisotopic (exact) mass is 460 g/mol. The predicted octanol–water partition coefficient (Wildman–Crippen LogP) is 4.27. The van der Waals surface area contributed by atoms with Crippen LogP contribution < -0.4 is 0 Å². The molecule has 5 rings (SSSR count). The highest BCUT2D eigenvalue weighted by Crippen LogP contribution is 2.33. The Morgan fingerprint density at radius 1 is 1.06 bits per heavy atom. The van der Waals surface area contributed by atoms with Gasteiger partial charge in [0.1, 0.15) is 11.3 Å². The number of carbonyl (C=O) groups excluding carboxylic acids is 2. The van der Waals surface area contributed by atoms with Crippen LogP contribution in [0.5, 0.6) is 0 Å². The number of furan rings is 1. The van der Waals surface area contributed by atoms with Crippen LogP contribution in [-0.2, 0) is 17.6 Å². The Morgan fingerprint density at radius 2 is 1.76 bits per heavy atom. The highest BCUT2D eigenvalue weighted by molar-refractivity contribution is 6.21. The van der Waals surface area contributed by atoms with E-state index in [0.29, 0.717) is 22.3 Å². The Balaban J connectivity index is 1.32. The smallest absolute Gasteiger partial charge is 0.306 e. The van der Waals surface area contributed by atoms with Crippen LogP contribution in [0, 0.1) is 5.92 Å². The molecule has 0 saturated carbocycles. The number of hydrogen-bond donors (Lipinski definition) is 2. The van der Waals surface area contributed by atoms with Gasteiger partial charge in [0.05, 0.1) is 22.8 Å². The normalized spacial score (nSPS) is 16.6. The molecule has 2 N–H and O–H groups in total. The number of carbonyl (C=O) groups is 3. The van der Waals surface area contributed by atoms with Gasteiger partial charge in [0.2, 0.25) is 0 Å². The van der Waals surface area contributed by atoms with E-state index >= 15 is 0 Å². The number of benzene rings is 2. The number of fused-ring (bicyclic) bond motifs is 4. The summed E-state index contributed by atoms with van der Waals surface area (Å²) in [5.41, 5.74) is 3.36. The lowest BCUT2D eigenvalue weighted by Gasteiger charge is -2.18. The molecule has 1 aliphatic heterocycles. The van der Waals surface area contributed by atoms with E-state index in [4.69, 9.17) is 4.42 Å². The molecule has 1 aromatic heterocycles. The first-order chi connectivity index (χ1) is 16.5. The number of rotatable bonds is 7. The van der Waals surface area contributed by atoms with Crippen molar-refractivity contribution in [3.63, 3.8) is 0 Å². The van der Waals surface area contributed by atoms with Gasteiger partial charge in [-0.3, -0.25) is 19.3 Å². The molecule has 2 aliphatic rings. The molecule has 8 nitrogen and oxygen atoms in total. The van der Waals surface area contributed by atoms with Crippen LogP contribution in [0.25, 0.3) is 11.0 Å². The molecule has 3 aromatic rings. The number of oxime groups is 1. The minimum Gasteiger partial charge on any atom is -0.481 e. The SMILES string of the molecule is O=C(O)[C@H](CCN1C(=O)c2ccccc2C1=O)CC(=NO)c1ccc2c3c(oc2c1)CCCC3. The van der Waals surface area contributed by atoms with E-state index in [0.717, 1.165) is 41.7 Å². The van der Waals surface area contributed by atoms with Crippen molar-refractivity contribution >= 4 is 34.5 Å². The molecule has 34 heavy (non-hydrogen) atoms. The molecule has 2 aromatic carbocycles. The topological polar surface area (TPSA) is 120 Å². The Kier molecular flexibility index (Phi) is 5.65. The van der Waals surface area contributed by atoms with Crippen molar-refractivity contribution in [1.82, 2.24) is 4.90 Å². The van der Waals surface area contributed by atoms with Crippen LogP contribution in [0.1, 0.15) is 63.3 Å². The van der Waals surface area contributed by atoms with Gasteiger partial charge in [0.15, 0.2) is 0 Å². The molecular formula is C26H24N2O6. The zero-order valence-electron chi connectivity index (χ0n) is 18.5. The van der Waals surface area contributed by atoms with E-state index in [-0.39, 0.29) is 25.1 Å². The number of imide groups is 1. The van der Waals surface area contributed by atoms with E-state index in [1.165, 1.54) is 5.56 Å². The van der Waals surface area contributed by atoms with Crippen molar-refractivity contribution < 1.29 is 29.1 Å². The van der Waals surface area contributed by atoms with Gasteiger partial charge in [-0.1, -0.05) is 29.4 Å². The molecule has 174 valence electrons. The summed E-state index contributed by atoms with van der Waals surface area (Å²) in [6.45, 7) is -0.0358. The summed E-state index contributed by atoms with van der Waals surface area (Å²) in [6, 6.07) is 12.1. The Morgan fingerprint density at radius 3 is 2.44 bits per heavy atom. The van der Waals surface area contributed by atoms with E-state index in [1.54, 1.807) is 30.3 Å². The number of nitrogens with zero attached hydrogens (tertiary/aromatic N) is 2. The lowest BCUT2D eigenvalue weighted by Crippen LogP contribution is -2.33. The molecule has 0 saturated heterocycles. The second kappa shape index (κ2) is 8.78. The number of aliphatic carboxylic acids is 1. The van der Waals surface area contributed by atoms with E-state index < -0.39 is 23.7 Å². The fourth-order valence-electron chi connectivity index (χ4n) is 4.93. The molecule has 0 unspecified atom stereocenters. The molecule has 1 aliphatic carbocycles. The summed E-state index contributed by atoms with van der Waals surface area (Å²) >= 11 is 0. The van der Waals surface area contributed by atoms with E-state index in [1.807, 2.05) is 12.1 Å². The lowest BCUT2D eigenvalue weighted by molar-refractivity contribution is -0.141. The van der Waals surface area contributed by atoms with Gasteiger partial charge in [-0.15, -0.1) is 0 Å². The van der Waals surface area contributed by atoms with E-state index in [9.17, 15) is 24.7 Å². The summed E-state index contributed by atoms with van der Waals surface area (Å²) in [6.07, 6.45) is 4.08. The number of carboxylic acid groups (broad SMARTS) is 1. The molecule has 0 radical (unpaired) electrons. The van der Waals surface area contributed by atoms with Crippen molar-refractivity contribution in [2.75, 3.05) is 6.54 Å². The summed E-state index contributed by atoms with van der Waals surface area (Å²) in [7, 11) is 0. The molecule has 2 heterocycles. The predicted molar refractivity (Wildman–Crippen MR) is 123 cm³/mol. The maximum Gasteiger partial charge on any atom is 0.306 e. The molecule has 0 fully saturated rings. The van der Waals surface area contributed by atoms with Gasteiger partial charge >= 0.3 is 5.97 Å².